The van der Waals surface area contributed by atoms with Crippen LogP contribution in [0.1, 0.15) is 19.8 Å². The van der Waals surface area contributed by atoms with Crippen LogP contribution < -0.4 is 5.32 Å². The van der Waals surface area contributed by atoms with E-state index in [-0.39, 0.29) is 11.4 Å². The first-order valence-corrected chi connectivity index (χ1v) is 5.14. The number of rotatable bonds is 6. The topological polar surface area (TPSA) is 105 Å². The van der Waals surface area contributed by atoms with Crippen molar-refractivity contribution in [2.75, 3.05) is 5.32 Å². The van der Waals surface area contributed by atoms with Crippen molar-refractivity contribution in [1.82, 2.24) is 4.98 Å². The second-order valence-corrected chi connectivity index (χ2v) is 3.47. The summed E-state index contributed by atoms with van der Waals surface area (Å²) in [6, 6.07) is 0.560. The minimum absolute atomic E-state index is 0.172. The zero-order valence-electron chi connectivity index (χ0n) is 9.29. The van der Waals surface area contributed by atoms with Gasteiger partial charge in [-0.05, 0) is 12.5 Å². The van der Waals surface area contributed by atoms with E-state index >= 15 is 0 Å². The van der Waals surface area contributed by atoms with E-state index in [0.29, 0.717) is 12.8 Å². The fourth-order valence-electron chi connectivity index (χ4n) is 1.39. The fourth-order valence-corrected chi connectivity index (χ4v) is 1.39. The quantitative estimate of drug-likeness (QED) is 0.577. The largest absolute Gasteiger partial charge is 0.480 e. The highest BCUT2D eigenvalue weighted by atomic mass is 16.6. The molecule has 0 aromatic carbocycles. The molecule has 1 rings (SSSR count). The van der Waals surface area contributed by atoms with Crippen LogP contribution in [0.15, 0.2) is 18.5 Å². The summed E-state index contributed by atoms with van der Waals surface area (Å²) < 4.78 is 0. The zero-order chi connectivity index (χ0) is 12.8. The molecule has 0 aliphatic carbocycles. The Morgan fingerprint density at radius 3 is 2.94 bits per heavy atom. The van der Waals surface area contributed by atoms with Gasteiger partial charge in [0, 0.05) is 6.20 Å². The predicted octanol–water partition coefficient (Wildman–Crippen LogP) is 1.65. The molecule has 0 saturated heterocycles. The van der Waals surface area contributed by atoms with Gasteiger partial charge in [-0.1, -0.05) is 13.3 Å². The molecule has 0 amide bonds. The molecule has 7 heteroatoms. The lowest BCUT2D eigenvalue weighted by molar-refractivity contribution is -0.384. The maximum absolute atomic E-state index is 10.9. The molecule has 17 heavy (non-hydrogen) atoms. The van der Waals surface area contributed by atoms with Crippen molar-refractivity contribution in [1.29, 1.82) is 0 Å². The molecule has 0 spiro atoms. The van der Waals surface area contributed by atoms with Crippen molar-refractivity contribution in [2.24, 2.45) is 0 Å². The summed E-state index contributed by atoms with van der Waals surface area (Å²) in [6.07, 6.45) is 3.53. The normalized spacial score (nSPS) is 11.8. The SMILES string of the molecule is CCCC(Nc1ccncc1[N+](=O)[O-])C(=O)O. The van der Waals surface area contributed by atoms with Crippen molar-refractivity contribution < 1.29 is 14.8 Å². The molecular weight excluding hydrogens is 226 g/mol. The Hall–Kier alpha value is -2.18. The minimum atomic E-state index is -1.03. The molecule has 2 N–H and O–H groups in total. The first kappa shape index (κ1) is 12.9. The average molecular weight is 239 g/mol. The molecule has 0 fully saturated rings. The number of aromatic nitrogens is 1. The first-order chi connectivity index (χ1) is 8.06. The van der Waals surface area contributed by atoms with Gasteiger partial charge in [0.2, 0.25) is 0 Å². The lowest BCUT2D eigenvalue weighted by Gasteiger charge is -2.14. The summed E-state index contributed by atoms with van der Waals surface area (Å²) in [7, 11) is 0. The van der Waals surface area contributed by atoms with Gasteiger partial charge in [0.05, 0.1) is 4.92 Å². The van der Waals surface area contributed by atoms with Gasteiger partial charge >= 0.3 is 11.7 Å². The van der Waals surface area contributed by atoms with Gasteiger partial charge in [0.1, 0.15) is 17.9 Å². The van der Waals surface area contributed by atoms with Gasteiger partial charge in [0.15, 0.2) is 0 Å². The molecule has 1 unspecified atom stereocenters. The molecule has 1 atom stereocenters. The van der Waals surface area contributed by atoms with Gasteiger partial charge in [-0.15, -0.1) is 0 Å². The van der Waals surface area contributed by atoms with E-state index in [4.69, 9.17) is 5.11 Å². The van der Waals surface area contributed by atoms with Gasteiger partial charge in [-0.3, -0.25) is 15.1 Å². The Kier molecular flexibility index (Phi) is 4.38. The standard InChI is InChI=1S/C10H13N3O4/c1-2-3-8(10(14)15)12-7-4-5-11-6-9(7)13(16)17/h4-6,8H,2-3H2,1H3,(H,11,12)(H,14,15). The van der Waals surface area contributed by atoms with E-state index in [1.807, 2.05) is 6.92 Å². The third kappa shape index (κ3) is 3.40. The molecule has 1 aromatic heterocycles. The maximum atomic E-state index is 10.9. The third-order valence-electron chi connectivity index (χ3n) is 2.20. The molecule has 0 aliphatic rings. The highest BCUT2D eigenvalue weighted by Gasteiger charge is 2.21. The Labute approximate surface area is 97.6 Å². The summed E-state index contributed by atoms with van der Waals surface area (Å²) in [4.78, 5) is 24.7. The van der Waals surface area contributed by atoms with Crippen molar-refractivity contribution in [3.05, 3.63) is 28.6 Å². The number of nitrogens with zero attached hydrogens (tertiary/aromatic N) is 2. The summed E-state index contributed by atoms with van der Waals surface area (Å²) >= 11 is 0. The highest BCUT2D eigenvalue weighted by Crippen LogP contribution is 2.23. The number of anilines is 1. The Bertz CT molecular complexity index is 422. The molecule has 0 aliphatic heterocycles. The summed E-state index contributed by atoms with van der Waals surface area (Å²) in [5, 5.41) is 22.3. The number of hydrogen-bond acceptors (Lipinski definition) is 5. The Balaban J connectivity index is 2.92. The number of carboxylic acids is 1. The summed E-state index contributed by atoms with van der Waals surface area (Å²) in [5.74, 6) is -1.03. The van der Waals surface area contributed by atoms with Gasteiger partial charge in [0.25, 0.3) is 0 Å². The molecule has 0 bridgehead atoms. The molecule has 0 radical (unpaired) electrons. The molecule has 0 saturated carbocycles. The Morgan fingerprint density at radius 1 is 1.71 bits per heavy atom. The fraction of sp³-hybridized carbons (Fsp3) is 0.400. The monoisotopic (exact) mass is 239 g/mol. The maximum Gasteiger partial charge on any atom is 0.326 e. The van der Waals surface area contributed by atoms with E-state index < -0.39 is 16.9 Å². The second-order valence-electron chi connectivity index (χ2n) is 3.47. The molecular formula is C10H13N3O4. The third-order valence-corrected chi connectivity index (χ3v) is 2.20. The number of pyridine rings is 1. The summed E-state index contributed by atoms with van der Waals surface area (Å²) in [6.45, 7) is 1.85. The Morgan fingerprint density at radius 2 is 2.41 bits per heavy atom. The van der Waals surface area contributed by atoms with E-state index in [1.54, 1.807) is 0 Å². The van der Waals surface area contributed by atoms with Crippen LogP contribution in [0.2, 0.25) is 0 Å². The van der Waals surface area contributed by atoms with Gasteiger partial charge in [-0.2, -0.15) is 0 Å². The van der Waals surface area contributed by atoms with Crippen molar-refractivity contribution >= 4 is 17.3 Å². The van der Waals surface area contributed by atoms with E-state index in [2.05, 4.69) is 10.3 Å². The van der Waals surface area contributed by atoms with Crippen LogP contribution in [0, 0.1) is 10.1 Å². The van der Waals surface area contributed by atoms with Crippen LogP contribution in [0.4, 0.5) is 11.4 Å². The molecule has 1 heterocycles. The lowest BCUT2D eigenvalue weighted by atomic mass is 10.1. The summed E-state index contributed by atoms with van der Waals surface area (Å²) in [5.41, 5.74) is -0.0549. The van der Waals surface area contributed by atoms with Crippen molar-refractivity contribution in [2.45, 2.75) is 25.8 Å². The highest BCUT2D eigenvalue weighted by molar-refractivity contribution is 5.78. The number of hydrogen-bond donors (Lipinski definition) is 2. The molecule has 1 aromatic rings. The van der Waals surface area contributed by atoms with E-state index in [9.17, 15) is 14.9 Å². The van der Waals surface area contributed by atoms with Gasteiger partial charge in [-0.25, -0.2) is 4.79 Å². The average Bonchev–Trinajstić information content (AvgIpc) is 2.28. The first-order valence-electron chi connectivity index (χ1n) is 5.14. The van der Waals surface area contributed by atoms with Crippen molar-refractivity contribution in [3.63, 3.8) is 0 Å². The number of carbonyl (C=O) groups is 1. The van der Waals surface area contributed by atoms with Crippen LogP contribution in [0.5, 0.6) is 0 Å². The lowest BCUT2D eigenvalue weighted by Crippen LogP contribution is -2.29. The second kappa shape index (κ2) is 5.78. The zero-order valence-corrected chi connectivity index (χ0v) is 9.29. The predicted molar refractivity (Wildman–Crippen MR) is 60.8 cm³/mol. The smallest absolute Gasteiger partial charge is 0.326 e. The number of aliphatic carboxylic acids is 1. The van der Waals surface area contributed by atoms with Crippen LogP contribution >= 0.6 is 0 Å². The van der Waals surface area contributed by atoms with Crippen molar-refractivity contribution in [3.8, 4) is 0 Å². The minimum Gasteiger partial charge on any atom is -0.480 e. The van der Waals surface area contributed by atoms with Crippen LogP contribution in [0.3, 0.4) is 0 Å². The van der Waals surface area contributed by atoms with Crippen LogP contribution in [-0.2, 0) is 4.79 Å². The van der Waals surface area contributed by atoms with Gasteiger partial charge < -0.3 is 10.4 Å². The number of nitrogens with one attached hydrogen (secondary N) is 1. The van der Waals surface area contributed by atoms with E-state index in [0.717, 1.165) is 6.20 Å². The number of nitro groups is 1. The van der Waals surface area contributed by atoms with Crippen LogP contribution in [-0.4, -0.2) is 27.0 Å². The number of carboxylic acid groups (broad SMARTS) is 1. The molecule has 92 valence electrons. The van der Waals surface area contributed by atoms with E-state index in [1.165, 1.54) is 12.3 Å². The van der Waals surface area contributed by atoms with Crippen LogP contribution in [0.25, 0.3) is 0 Å². The molecule has 7 nitrogen and oxygen atoms in total.